The molecule has 0 aliphatic heterocycles. The first kappa shape index (κ1) is 22.1. The predicted molar refractivity (Wildman–Crippen MR) is 129 cm³/mol. The molecule has 4 aromatic rings. The molecular formula is C26H26N4O3. The van der Waals surface area contributed by atoms with Crippen LogP contribution in [-0.2, 0) is 10.2 Å². The first-order valence-corrected chi connectivity index (χ1v) is 10.6. The van der Waals surface area contributed by atoms with Crippen molar-refractivity contribution in [2.45, 2.75) is 26.2 Å². The van der Waals surface area contributed by atoms with Crippen LogP contribution in [0.15, 0.2) is 73.4 Å². The van der Waals surface area contributed by atoms with E-state index in [0.29, 0.717) is 34.1 Å². The lowest BCUT2D eigenvalue weighted by Gasteiger charge is -2.22. The molecule has 0 aliphatic rings. The lowest BCUT2D eigenvalue weighted by atomic mass is 9.86. The monoisotopic (exact) mass is 442 g/mol. The lowest BCUT2D eigenvalue weighted by Crippen LogP contribution is -2.12. The number of para-hydroxylation sites is 1. The third-order valence-corrected chi connectivity index (χ3v) is 4.98. The maximum absolute atomic E-state index is 12.1. The number of anilines is 2. The van der Waals surface area contributed by atoms with Gasteiger partial charge in [0.1, 0.15) is 18.0 Å². The molecule has 4 rings (SSSR count). The van der Waals surface area contributed by atoms with Crippen molar-refractivity contribution in [3.63, 3.8) is 0 Å². The van der Waals surface area contributed by atoms with Gasteiger partial charge in [-0.2, -0.15) is 0 Å². The van der Waals surface area contributed by atoms with Crippen LogP contribution in [0.25, 0.3) is 11.0 Å². The molecule has 2 aromatic carbocycles. The lowest BCUT2D eigenvalue weighted by molar-refractivity contribution is 0.0550. The van der Waals surface area contributed by atoms with E-state index in [1.807, 2.05) is 30.3 Å². The highest BCUT2D eigenvalue weighted by molar-refractivity contribution is 5.94. The molecule has 168 valence electrons. The van der Waals surface area contributed by atoms with Crippen LogP contribution in [0.2, 0.25) is 0 Å². The number of benzene rings is 2. The molecule has 2 N–H and O–H groups in total. The van der Waals surface area contributed by atoms with Gasteiger partial charge in [0.25, 0.3) is 0 Å². The topological polar surface area (TPSA) is 89.1 Å². The number of pyridine rings is 1. The Bertz CT molecular complexity index is 1300. The standard InChI is InChI=1S/C26H26N4O3/c1-5-15-32-24(31)17-12-13-19-21(16-17)30-25(28-19)29-20-10-8-14-27-23(20)33-22-11-7-6-9-18(22)26(2,3)4/h5-14,16H,1,15H2,2-4H3,(H2,28,29,30). The fourth-order valence-corrected chi connectivity index (χ4v) is 3.39. The summed E-state index contributed by atoms with van der Waals surface area (Å²) in [6.45, 7) is 10.1. The van der Waals surface area contributed by atoms with Crippen molar-refractivity contribution in [1.82, 2.24) is 15.0 Å². The number of nitrogens with zero attached hydrogens (tertiary/aromatic N) is 2. The second-order valence-electron chi connectivity index (χ2n) is 8.53. The van der Waals surface area contributed by atoms with Crippen molar-refractivity contribution in [1.29, 1.82) is 0 Å². The van der Waals surface area contributed by atoms with Gasteiger partial charge in [-0.3, -0.25) is 0 Å². The molecule has 33 heavy (non-hydrogen) atoms. The van der Waals surface area contributed by atoms with Gasteiger partial charge >= 0.3 is 5.97 Å². The molecule has 0 fully saturated rings. The van der Waals surface area contributed by atoms with E-state index in [2.05, 4.69) is 53.7 Å². The van der Waals surface area contributed by atoms with Crippen LogP contribution >= 0.6 is 0 Å². The highest BCUT2D eigenvalue weighted by atomic mass is 16.5. The maximum Gasteiger partial charge on any atom is 0.338 e. The molecule has 0 amide bonds. The number of H-pyrrole nitrogens is 1. The van der Waals surface area contributed by atoms with Crippen molar-refractivity contribution in [3.05, 3.63) is 84.6 Å². The van der Waals surface area contributed by atoms with Crippen LogP contribution in [0, 0.1) is 0 Å². The van der Waals surface area contributed by atoms with E-state index in [9.17, 15) is 4.79 Å². The highest BCUT2D eigenvalue weighted by Crippen LogP contribution is 2.36. The normalized spacial score (nSPS) is 11.2. The Kier molecular flexibility index (Phi) is 6.13. The Balaban J connectivity index is 1.60. The molecule has 0 spiro atoms. The van der Waals surface area contributed by atoms with Crippen LogP contribution in [0.3, 0.4) is 0 Å². The zero-order valence-electron chi connectivity index (χ0n) is 18.9. The second kappa shape index (κ2) is 9.16. The maximum atomic E-state index is 12.1. The van der Waals surface area contributed by atoms with E-state index in [-0.39, 0.29) is 12.0 Å². The summed E-state index contributed by atoms with van der Waals surface area (Å²) in [7, 11) is 0. The SMILES string of the molecule is C=CCOC(=O)c1ccc2nc(Nc3cccnc3Oc3ccccc3C(C)(C)C)[nH]c2c1. The summed E-state index contributed by atoms with van der Waals surface area (Å²) in [5, 5.41) is 3.24. The van der Waals surface area contributed by atoms with Gasteiger partial charge in [-0.15, -0.1) is 0 Å². The van der Waals surface area contributed by atoms with Crippen molar-refractivity contribution in [3.8, 4) is 11.6 Å². The number of rotatable bonds is 7. The molecule has 2 aromatic heterocycles. The van der Waals surface area contributed by atoms with E-state index >= 15 is 0 Å². The average Bonchev–Trinajstić information content (AvgIpc) is 3.20. The molecule has 0 saturated carbocycles. The number of carbonyl (C=O) groups excluding carboxylic acids is 1. The van der Waals surface area contributed by atoms with Gasteiger partial charge in [-0.05, 0) is 41.8 Å². The Morgan fingerprint density at radius 2 is 1.97 bits per heavy atom. The molecule has 0 radical (unpaired) electrons. The highest BCUT2D eigenvalue weighted by Gasteiger charge is 2.20. The Hall–Kier alpha value is -4.13. The van der Waals surface area contributed by atoms with Gasteiger partial charge in [-0.25, -0.2) is 14.8 Å². The molecule has 0 atom stereocenters. The fraction of sp³-hybridized carbons (Fsp3) is 0.192. The van der Waals surface area contributed by atoms with Gasteiger partial charge in [0, 0.05) is 11.8 Å². The Morgan fingerprint density at radius 3 is 2.76 bits per heavy atom. The first-order valence-electron chi connectivity index (χ1n) is 10.6. The minimum absolute atomic E-state index is 0.0811. The summed E-state index contributed by atoms with van der Waals surface area (Å²) >= 11 is 0. The van der Waals surface area contributed by atoms with Crippen LogP contribution in [0.5, 0.6) is 11.6 Å². The number of aromatic nitrogens is 3. The van der Waals surface area contributed by atoms with Crippen LogP contribution in [0.4, 0.5) is 11.6 Å². The average molecular weight is 443 g/mol. The first-order chi connectivity index (χ1) is 15.8. The zero-order valence-corrected chi connectivity index (χ0v) is 18.9. The summed E-state index contributed by atoms with van der Waals surface area (Å²) in [6.07, 6.45) is 3.21. The summed E-state index contributed by atoms with van der Waals surface area (Å²) in [5.41, 5.74) is 3.51. The Labute approximate surface area is 192 Å². The number of imidazole rings is 1. The van der Waals surface area contributed by atoms with Crippen molar-refractivity contribution in [2.24, 2.45) is 0 Å². The number of carbonyl (C=O) groups is 1. The van der Waals surface area contributed by atoms with Gasteiger partial charge in [0.2, 0.25) is 11.8 Å². The van der Waals surface area contributed by atoms with Crippen molar-refractivity contribution in [2.75, 3.05) is 11.9 Å². The smallest absolute Gasteiger partial charge is 0.338 e. The van der Waals surface area contributed by atoms with Crippen LogP contribution in [-0.4, -0.2) is 27.5 Å². The number of hydrogen-bond acceptors (Lipinski definition) is 6. The largest absolute Gasteiger partial charge is 0.458 e. The van der Waals surface area contributed by atoms with Crippen LogP contribution < -0.4 is 10.1 Å². The van der Waals surface area contributed by atoms with Crippen LogP contribution in [0.1, 0.15) is 36.7 Å². The van der Waals surface area contributed by atoms with Gasteiger partial charge in [-0.1, -0.05) is 51.6 Å². The van der Waals surface area contributed by atoms with Crippen molar-refractivity contribution < 1.29 is 14.3 Å². The number of esters is 1. The molecule has 7 heteroatoms. The predicted octanol–water partition coefficient (Wildman–Crippen LogP) is 6.13. The number of ether oxygens (including phenoxy) is 2. The van der Waals surface area contributed by atoms with Gasteiger partial charge in [0.05, 0.1) is 16.6 Å². The minimum Gasteiger partial charge on any atom is -0.458 e. The van der Waals surface area contributed by atoms with E-state index < -0.39 is 5.97 Å². The van der Waals surface area contributed by atoms with Gasteiger partial charge < -0.3 is 19.8 Å². The molecule has 0 bridgehead atoms. The molecular weight excluding hydrogens is 416 g/mol. The molecule has 2 heterocycles. The van der Waals surface area contributed by atoms with Gasteiger partial charge in [0.15, 0.2) is 0 Å². The molecule has 7 nitrogen and oxygen atoms in total. The quantitative estimate of drug-likeness (QED) is 0.264. The minimum atomic E-state index is -0.415. The third kappa shape index (κ3) is 5.03. The van der Waals surface area contributed by atoms with E-state index in [4.69, 9.17) is 9.47 Å². The third-order valence-electron chi connectivity index (χ3n) is 4.98. The van der Waals surface area contributed by atoms with E-state index in [1.54, 1.807) is 24.4 Å². The molecule has 0 aliphatic carbocycles. The van der Waals surface area contributed by atoms with E-state index in [1.165, 1.54) is 6.08 Å². The Morgan fingerprint density at radius 1 is 1.15 bits per heavy atom. The van der Waals surface area contributed by atoms with E-state index in [0.717, 1.165) is 11.3 Å². The number of hydrogen-bond donors (Lipinski definition) is 2. The molecule has 0 saturated heterocycles. The summed E-state index contributed by atoms with van der Waals surface area (Å²) in [4.78, 5) is 24.3. The molecule has 0 unspecified atom stereocenters. The number of fused-ring (bicyclic) bond motifs is 1. The fourth-order valence-electron chi connectivity index (χ4n) is 3.39. The summed E-state index contributed by atoms with van der Waals surface area (Å²) in [5.74, 6) is 1.27. The number of nitrogens with one attached hydrogen (secondary N) is 2. The summed E-state index contributed by atoms with van der Waals surface area (Å²) in [6, 6.07) is 16.8. The number of aromatic amines is 1. The zero-order chi connectivity index (χ0) is 23.4. The second-order valence-corrected chi connectivity index (χ2v) is 8.53. The summed E-state index contributed by atoms with van der Waals surface area (Å²) < 4.78 is 11.3. The van der Waals surface area contributed by atoms with Crippen molar-refractivity contribution >= 4 is 28.6 Å².